The summed E-state index contributed by atoms with van der Waals surface area (Å²) in [7, 11) is 1.77. The number of hydrogen-bond acceptors (Lipinski definition) is 4. The van der Waals surface area contributed by atoms with E-state index >= 15 is 0 Å². The third kappa shape index (κ3) is 3.94. The van der Waals surface area contributed by atoms with E-state index in [9.17, 15) is 4.79 Å². The molecule has 17 heavy (non-hydrogen) atoms. The van der Waals surface area contributed by atoms with Gasteiger partial charge in [0.15, 0.2) is 0 Å². The van der Waals surface area contributed by atoms with Crippen molar-refractivity contribution in [2.75, 3.05) is 33.3 Å². The fourth-order valence-corrected chi connectivity index (χ4v) is 2.11. The summed E-state index contributed by atoms with van der Waals surface area (Å²) in [6.45, 7) is 7.18. The Kier molecular flexibility index (Phi) is 5.36. The van der Waals surface area contributed by atoms with Crippen LogP contribution in [0.25, 0.3) is 0 Å². The minimum atomic E-state index is -0.672. The Morgan fingerprint density at radius 2 is 2.35 bits per heavy atom. The molecule has 0 bridgehead atoms. The van der Waals surface area contributed by atoms with E-state index in [1.165, 1.54) is 0 Å². The number of nitrogens with two attached hydrogens (primary N) is 1. The second-order valence-electron chi connectivity index (χ2n) is 4.91. The van der Waals surface area contributed by atoms with Crippen molar-refractivity contribution in [2.24, 2.45) is 5.73 Å². The summed E-state index contributed by atoms with van der Waals surface area (Å²) < 4.78 is 5.62. The van der Waals surface area contributed by atoms with Gasteiger partial charge in [0.1, 0.15) is 5.54 Å². The van der Waals surface area contributed by atoms with E-state index in [0.29, 0.717) is 12.6 Å². The van der Waals surface area contributed by atoms with E-state index in [-0.39, 0.29) is 5.91 Å². The molecule has 0 spiro atoms. The first-order valence-electron chi connectivity index (χ1n) is 6.34. The van der Waals surface area contributed by atoms with Gasteiger partial charge in [-0.25, -0.2) is 0 Å². The summed E-state index contributed by atoms with van der Waals surface area (Å²) in [6, 6.07) is 0. The first-order chi connectivity index (χ1) is 8.01. The van der Waals surface area contributed by atoms with E-state index in [1.807, 2.05) is 6.92 Å². The zero-order valence-corrected chi connectivity index (χ0v) is 11.2. The molecule has 0 aliphatic carbocycles. The number of likely N-dealkylation sites (N-methyl/N-ethyl adjacent to an activating group) is 2. The summed E-state index contributed by atoms with van der Waals surface area (Å²) in [5.41, 5.74) is 4.76. The number of nitrogens with one attached hydrogen (secondary N) is 1. The van der Waals surface area contributed by atoms with Crippen LogP contribution in [0.2, 0.25) is 0 Å². The van der Waals surface area contributed by atoms with Crippen LogP contribution in [0.4, 0.5) is 0 Å². The van der Waals surface area contributed by atoms with Crippen molar-refractivity contribution in [1.29, 1.82) is 0 Å². The number of carbonyl (C=O) groups excluding carboxylic acids is 1. The smallest absolute Gasteiger partial charge is 0.238 e. The lowest BCUT2D eigenvalue weighted by Crippen LogP contribution is -2.59. The number of nitrogens with zero attached hydrogens (tertiary/aromatic N) is 1. The van der Waals surface area contributed by atoms with Crippen molar-refractivity contribution in [3.8, 4) is 0 Å². The van der Waals surface area contributed by atoms with Crippen LogP contribution in [0.5, 0.6) is 0 Å². The maximum Gasteiger partial charge on any atom is 0.238 e. The molecule has 5 nitrogen and oxygen atoms in total. The number of primary amides is 1. The number of hydrogen-bond donors (Lipinski definition) is 2. The van der Waals surface area contributed by atoms with Crippen molar-refractivity contribution >= 4 is 5.91 Å². The van der Waals surface area contributed by atoms with Crippen molar-refractivity contribution in [3.05, 3.63) is 0 Å². The molecule has 100 valence electrons. The molecule has 0 radical (unpaired) electrons. The molecule has 0 aromatic carbocycles. The van der Waals surface area contributed by atoms with Gasteiger partial charge in [0.25, 0.3) is 0 Å². The Hall–Kier alpha value is -0.650. The zero-order valence-electron chi connectivity index (χ0n) is 11.2. The molecule has 3 N–H and O–H groups in total. The van der Waals surface area contributed by atoms with Crippen LogP contribution in [0.3, 0.4) is 0 Å². The molecule has 1 aliphatic heterocycles. The number of rotatable bonds is 7. The van der Waals surface area contributed by atoms with Gasteiger partial charge < -0.3 is 15.8 Å². The quantitative estimate of drug-likeness (QED) is 0.658. The molecule has 1 amide bonds. The summed E-state index contributed by atoms with van der Waals surface area (Å²) in [5, 5.41) is 3.01. The normalized spacial score (nSPS) is 23.9. The lowest BCUT2D eigenvalue weighted by molar-refractivity contribution is -0.124. The maximum atomic E-state index is 11.4. The third-order valence-corrected chi connectivity index (χ3v) is 3.57. The Bertz CT molecular complexity index is 254. The fraction of sp³-hybridized carbons (Fsp3) is 0.917. The zero-order chi connectivity index (χ0) is 12.9. The highest BCUT2D eigenvalue weighted by Gasteiger charge is 2.32. The molecule has 1 aliphatic rings. The van der Waals surface area contributed by atoms with Crippen LogP contribution in [-0.2, 0) is 9.53 Å². The Labute approximate surface area is 104 Å². The molecule has 1 rings (SSSR count). The lowest BCUT2D eigenvalue weighted by Gasteiger charge is -2.33. The van der Waals surface area contributed by atoms with Gasteiger partial charge in [0.05, 0.1) is 6.10 Å². The number of amides is 1. The summed E-state index contributed by atoms with van der Waals surface area (Å²) in [4.78, 5) is 13.7. The van der Waals surface area contributed by atoms with Crippen LogP contribution in [0.1, 0.15) is 26.7 Å². The molecule has 1 fully saturated rings. The molecule has 0 saturated carbocycles. The molecule has 5 heteroatoms. The maximum absolute atomic E-state index is 11.4. The largest absolute Gasteiger partial charge is 0.377 e. The average molecular weight is 243 g/mol. The highest BCUT2D eigenvalue weighted by atomic mass is 16.5. The van der Waals surface area contributed by atoms with E-state index in [4.69, 9.17) is 10.5 Å². The standard InChI is InChI=1S/C12H25N3O2/c1-4-15(8-10-6-5-7-17-10)9-12(2,14-3)11(13)16/h10,14H,4-9H2,1-3H3,(H2,13,16). The lowest BCUT2D eigenvalue weighted by atomic mass is 10.0. The van der Waals surface area contributed by atoms with Gasteiger partial charge in [0.2, 0.25) is 5.91 Å². The van der Waals surface area contributed by atoms with Crippen molar-refractivity contribution in [2.45, 2.75) is 38.3 Å². The Balaban J connectivity index is 2.52. The van der Waals surface area contributed by atoms with Gasteiger partial charge in [-0.3, -0.25) is 9.69 Å². The second kappa shape index (κ2) is 6.33. The molecule has 0 aromatic heterocycles. The van der Waals surface area contributed by atoms with E-state index < -0.39 is 5.54 Å². The SMILES string of the molecule is CCN(CC1CCCO1)CC(C)(NC)C(N)=O. The monoisotopic (exact) mass is 243 g/mol. The number of carbonyl (C=O) groups is 1. The summed E-state index contributed by atoms with van der Waals surface area (Å²) >= 11 is 0. The van der Waals surface area contributed by atoms with Crippen LogP contribution >= 0.6 is 0 Å². The van der Waals surface area contributed by atoms with Gasteiger partial charge in [0, 0.05) is 19.7 Å². The average Bonchev–Trinajstić information content (AvgIpc) is 2.80. The van der Waals surface area contributed by atoms with Crippen LogP contribution < -0.4 is 11.1 Å². The molecular weight excluding hydrogens is 218 g/mol. The minimum absolute atomic E-state index is 0.309. The minimum Gasteiger partial charge on any atom is -0.377 e. The van der Waals surface area contributed by atoms with Crippen LogP contribution in [0, 0.1) is 0 Å². The summed E-state index contributed by atoms with van der Waals surface area (Å²) in [6.07, 6.45) is 2.56. The van der Waals surface area contributed by atoms with Gasteiger partial charge >= 0.3 is 0 Å². The summed E-state index contributed by atoms with van der Waals surface area (Å²) in [5.74, 6) is -0.314. The molecule has 1 heterocycles. The highest BCUT2D eigenvalue weighted by Crippen LogP contribution is 2.15. The van der Waals surface area contributed by atoms with Crippen molar-refractivity contribution in [1.82, 2.24) is 10.2 Å². The first-order valence-corrected chi connectivity index (χ1v) is 6.34. The second-order valence-corrected chi connectivity index (χ2v) is 4.91. The van der Waals surface area contributed by atoms with Gasteiger partial charge in [-0.05, 0) is 33.4 Å². The predicted octanol–water partition coefficient (Wildman–Crippen LogP) is -0.0493. The molecule has 2 atom stereocenters. The molecular formula is C12H25N3O2. The Morgan fingerprint density at radius 1 is 1.65 bits per heavy atom. The first kappa shape index (κ1) is 14.4. The van der Waals surface area contributed by atoms with E-state index in [0.717, 1.165) is 32.5 Å². The van der Waals surface area contributed by atoms with Crippen LogP contribution in [0.15, 0.2) is 0 Å². The van der Waals surface area contributed by atoms with Gasteiger partial charge in [-0.1, -0.05) is 6.92 Å². The van der Waals surface area contributed by atoms with Gasteiger partial charge in [-0.15, -0.1) is 0 Å². The topological polar surface area (TPSA) is 67.6 Å². The van der Waals surface area contributed by atoms with Crippen LogP contribution in [-0.4, -0.2) is 55.7 Å². The molecule has 1 saturated heterocycles. The van der Waals surface area contributed by atoms with Crippen molar-refractivity contribution in [3.63, 3.8) is 0 Å². The fourth-order valence-electron chi connectivity index (χ4n) is 2.11. The Morgan fingerprint density at radius 3 is 2.76 bits per heavy atom. The number of ether oxygens (including phenoxy) is 1. The third-order valence-electron chi connectivity index (χ3n) is 3.57. The molecule has 0 aromatic rings. The highest BCUT2D eigenvalue weighted by molar-refractivity contribution is 5.84. The van der Waals surface area contributed by atoms with E-state index in [2.05, 4.69) is 17.1 Å². The molecule has 2 unspecified atom stereocenters. The van der Waals surface area contributed by atoms with E-state index in [1.54, 1.807) is 7.05 Å². The van der Waals surface area contributed by atoms with Gasteiger partial charge in [-0.2, -0.15) is 0 Å². The predicted molar refractivity (Wildman–Crippen MR) is 67.7 cm³/mol. The van der Waals surface area contributed by atoms with Crippen molar-refractivity contribution < 1.29 is 9.53 Å².